The predicted octanol–water partition coefficient (Wildman–Crippen LogP) is 1.95. The summed E-state index contributed by atoms with van der Waals surface area (Å²) in [4.78, 5) is 11.9. The van der Waals surface area contributed by atoms with Gasteiger partial charge < -0.3 is 10.4 Å². The van der Waals surface area contributed by atoms with Crippen molar-refractivity contribution in [3.8, 4) is 11.8 Å². The zero-order valence-corrected chi connectivity index (χ0v) is 9.69. The molecule has 4 nitrogen and oxygen atoms in total. The average molecular weight is 248 g/mol. The number of carbonyl (C=O) groups is 1. The van der Waals surface area contributed by atoms with Crippen molar-refractivity contribution in [2.45, 2.75) is 25.3 Å². The molecule has 94 valence electrons. The standard InChI is InChI=1S/C13H13FN2O2/c14-9-4-5-12(17)10(6-9)13(18)16-11-3-1-2-8(11)7-15/h4-6,8,11,17H,1-3H2,(H,16,18). The number of nitrogens with one attached hydrogen (secondary N) is 1. The summed E-state index contributed by atoms with van der Waals surface area (Å²) in [6.07, 6.45) is 2.38. The van der Waals surface area contributed by atoms with Gasteiger partial charge in [-0.25, -0.2) is 4.39 Å². The highest BCUT2D eigenvalue weighted by molar-refractivity contribution is 5.97. The van der Waals surface area contributed by atoms with E-state index in [-0.39, 0.29) is 23.3 Å². The van der Waals surface area contributed by atoms with Crippen LogP contribution >= 0.6 is 0 Å². The maximum atomic E-state index is 13.0. The Kier molecular flexibility index (Phi) is 3.47. The predicted molar refractivity (Wildman–Crippen MR) is 62.3 cm³/mol. The topological polar surface area (TPSA) is 73.1 Å². The summed E-state index contributed by atoms with van der Waals surface area (Å²) in [6.45, 7) is 0. The van der Waals surface area contributed by atoms with Crippen LogP contribution in [0.1, 0.15) is 29.6 Å². The van der Waals surface area contributed by atoms with Crippen LogP contribution in [0.5, 0.6) is 5.75 Å². The molecule has 0 radical (unpaired) electrons. The van der Waals surface area contributed by atoms with E-state index in [4.69, 9.17) is 5.26 Å². The van der Waals surface area contributed by atoms with E-state index >= 15 is 0 Å². The second-order valence-electron chi connectivity index (χ2n) is 4.41. The number of phenols is 1. The van der Waals surface area contributed by atoms with Crippen molar-refractivity contribution in [3.05, 3.63) is 29.6 Å². The Labute approximate surface area is 104 Å². The SMILES string of the molecule is N#CC1CCCC1NC(=O)c1cc(F)ccc1O. The monoisotopic (exact) mass is 248 g/mol. The highest BCUT2D eigenvalue weighted by Gasteiger charge is 2.29. The maximum Gasteiger partial charge on any atom is 0.255 e. The minimum atomic E-state index is -0.582. The van der Waals surface area contributed by atoms with Gasteiger partial charge in [0.25, 0.3) is 5.91 Å². The Hall–Kier alpha value is -2.09. The van der Waals surface area contributed by atoms with Crippen molar-refractivity contribution in [1.29, 1.82) is 5.26 Å². The number of carbonyl (C=O) groups excluding carboxylic acids is 1. The van der Waals surface area contributed by atoms with Gasteiger partial charge in [0.2, 0.25) is 0 Å². The molecule has 0 spiro atoms. The molecule has 18 heavy (non-hydrogen) atoms. The normalized spacial score (nSPS) is 22.4. The Bertz CT molecular complexity index is 510. The number of aromatic hydroxyl groups is 1. The first-order chi connectivity index (χ1) is 8.61. The van der Waals surface area contributed by atoms with Crippen LogP contribution in [0, 0.1) is 23.1 Å². The number of nitriles is 1. The number of hydrogen-bond acceptors (Lipinski definition) is 3. The number of rotatable bonds is 2. The van der Waals surface area contributed by atoms with E-state index in [1.54, 1.807) is 0 Å². The van der Waals surface area contributed by atoms with Gasteiger partial charge in [0.15, 0.2) is 0 Å². The first-order valence-corrected chi connectivity index (χ1v) is 5.81. The molecule has 0 aliphatic heterocycles. The molecule has 0 aromatic heterocycles. The average Bonchev–Trinajstić information content (AvgIpc) is 2.79. The van der Waals surface area contributed by atoms with E-state index in [1.165, 1.54) is 0 Å². The highest BCUT2D eigenvalue weighted by atomic mass is 19.1. The van der Waals surface area contributed by atoms with Gasteiger partial charge in [0, 0.05) is 6.04 Å². The van der Waals surface area contributed by atoms with E-state index in [2.05, 4.69) is 11.4 Å². The molecular weight excluding hydrogens is 235 g/mol. The molecule has 1 aromatic carbocycles. The zero-order chi connectivity index (χ0) is 13.1. The van der Waals surface area contributed by atoms with Gasteiger partial charge in [0.1, 0.15) is 11.6 Å². The smallest absolute Gasteiger partial charge is 0.255 e. The van der Waals surface area contributed by atoms with Crippen molar-refractivity contribution in [3.63, 3.8) is 0 Å². The first-order valence-electron chi connectivity index (χ1n) is 5.81. The maximum absolute atomic E-state index is 13.0. The van der Waals surface area contributed by atoms with Crippen molar-refractivity contribution in [2.24, 2.45) is 5.92 Å². The van der Waals surface area contributed by atoms with E-state index in [9.17, 15) is 14.3 Å². The number of benzene rings is 1. The lowest BCUT2D eigenvalue weighted by Gasteiger charge is -2.16. The van der Waals surface area contributed by atoms with Crippen LogP contribution in [-0.4, -0.2) is 17.1 Å². The van der Waals surface area contributed by atoms with E-state index in [0.717, 1.165) is 37.5 Å². The Balaban J connectivity index is 2.13. The molecular formula is C13H13FN2O2. The summed E-state index contributed by atoms with van der Waals surface area (Å²) >= 11 is 0. The highest BCUT2D eigenvalue weighted by Crippen LogP contribution is 2.26. The molecule has 0 heterocycles. The van der Waals surface area contributed by atoms with E-state index in [0.29, 0.717) is 0 Å². The lowest BCUT2D eigenvalue weighted by Crippen LogP contribution is -2.36. The summed E-state index contributed by atoms with van der Waals surface area (Å²) in [5, 5.41) is 21.1. The minimum absolute atomic E-state index is 0.0985. The molecule has 2 atom stereocenters. The molecule has 1 saturated carbocycles. The van der Waals surface area contributed by atoms with Crippen molar-refractivity contribution in [2.75, 3.05) is 0 Å². The fourth-order valence-corrected chi connectivity index (χ4v) is 2.22. The van der Waals surface area contributed by atoms with Crippen LogP contribution in [-0.2, 0) is 0 Å². The second-order valence-corrected chi connectivity index (χ2v) is 4.41. The quantitative estimate of drug-likeness (QED) is 0.840. The molecule has 1 aromatic rings. The van der Waals surface area contributed by atoms with Gasteiger partial charge in [0.05, 0.1) is 17.6 Å². The zero-order valence-electron chi connectivity index (χ0n) is 9.69. The van der Waals surface area contributed by atoms with E-state index in [1.807, 2.05) is 0 Å². The van der Waals surface area contributed by atoms with Gasteiger partial charge in [-0.1, -0.05) is 0 Å². The molecule has 2 N–H and O–H groups in total. The van der Waals surface area contributed by atoms with Gasteiger partial charge in [-0.05, 0) is 37.5 Å². The third-order valence-corrected chi connectivity index (χ3v) is 3.20. The fraction of sp³-hybridized carbons (Fsp3) is 0.385. The van der Waals surface area contributed by atoms with Crippen molar-refractivity contribution < 1.29 is 14.3 Å². The number of hydrogen-bond donors (Lipinski definition) is 2. The summed E-state index contributed by atoms with van der Waals surface area (Å²) < 4.78 is 13.0. The number of amides is 1. The second kappa shape index (κ2) is 5.05. The molecule has 0 bridgehead atoms. The lowest BCUT2D eigenvalue weighted by molar-refractivity contribution is 0.0929. The summed E-state index contributed by atoms with van der Waals surface area (Å²) in [5.74, 6) is -1.59. The number of halogens is 1. The molecule has 1 amide bonds. The molecule has 2 rings (SSSR count). The summed E-state index contributed by atoms with van der Waals surface area (Å²) in [5.41, 5.74) is -0.0985. The summed E-state index contributed by atoms with van der Waals surface area (Å²) in [6, 6.07) is 5.14. The molecule has 1 aliphatic rings. The number of nitrogens with zero attached hydrogens (tertiary/aromatic N) is 1. The Morgan fingerprint density at radius 2 is 2.28 bits per heavy atom. The molecule has 0 saturated heterocycles. The molecule has 1 aliphatic carbocycles. The van der Waals surface area contributed by atoms with Crippen LogP contribution in [0.2, 0.25) is 0 Å². The van der Waals surface area contributed by atoms with Gasteiger partial charge in [-0.15, -0.1) is 0 Å². The fourth-order valence-electron chi connectivity index (χ4n) is 2.22. The van der Waals surface area contributed by atoms with E-state index < -0.39 is 11.7 Å². The van der Waals surface area contributed by atoms with Crippen LogP contribution < -0.4 is 5.32 Å². The Morgan fingerprint density at radius 3 is 3.00 bits per heavy atom. The van der Waals surface area contributed by atoms with Crippen molar-refractivity contribution >= 4 is 5.91 Å². The van der Waals surface area contributed by atoms with Gasteiger partial charge in [-0.2, -0.15) is 5.26 Å². The van der Waals surface area contributed by atoms with Crippen LogP contribution in [0.25, 0.3) is 0 Å². The lowest BCUT2D eigenvalue weighted by atomic mass is 10.1. The first kappa shape index (κ1) is 12.4. The minimum Gasteiger partial charge on any atom is -0.507 e. The third kappa shape index (κ3) is 2.43. The van der Waals surface area contributed by atoms with Crippen LogP contribution in [0.4, 0.5) is 4.39 Å². The Morgan fingerprint density at radius 1 is 1.50 bits per heavy atom. The van der Waals surface area contributed by atoms with Crippen LogP contribution in [0.3, 0.4) is 0 Å². The largest absolute Gasteiger partial charge is 0.507 e. The molecule has 1 fully saturated rings. The van der Waals surface area contributed by atoms with Gasteiger partial charge >= 0.3 is 0 Å². The van der Waals surface area contributed by atoms with Crippen LogP contribution in [0.15, 0.2) is 18.2 Å². The van der Waals surface area contributed by atoms with Crippen molar-refractivity contribution in [1.82, 2.24) is 5.32 Å². The number of phenolic OH excluding ortho intramolecular Hbond substituents is 1. The van der Waals surface area contributed by atoms with Gasteiger partial charge in [-0.3, -0.25) is 4.79 Å². The summed E-state index contributed by atoms with van der Waals surface area (Å²) in [7, 11) is 0. The third-order valence-electron chi connectivity index (χ3n) is 3.20. The molecule has 2 unspecified atom stereocenters. The molecule has 5 heteroatoms.